The van der Waals surface area contributed by atoms with Gasteiger partial charge in [-0.25, -0.2) is 0 Å². The summed E-state index contributed by atoms with van der Waals surface area (Å²) in [6.45, 7) is 0.920. The molecule has 3 heteroatoms. The molecule has 0 fully saturated rings. The van der Waals surface area contributed by atoms with E-state index in [1.54, 1.807) is 0 Å². The average molecular weight is 173 g/mol. The van der Waals surface area contributed by atoms with E-state index in [9.17, 15) is 0 Å². The molecule has 11 heavy (non-hydrogen) atoms. The molecule has 2 rings (SSSR count). The summed E-state index contributed by atoms with van der Waals surface area (Å²) in [5.41, 5.74) is 2.62. The van der Waals surface area contributed by atoms with Crippen LogP contribution in [0.25, 0.3) is 0 Å². The van der Waals surface area contributed by atoms with Crippen molar-refractivity contribution < 1.29 is 0 Å². The van der Waals surface area contributed by atoms with E-state index in [0.29, 0.717) is 0 Å². The van der Waals surface area contributed by atoms with Gasteiger partial charge in [0, 0.05) is 11.3 Å². The van der Waals surface area contributed by atoms with Crippen molar-refractivity contribution in [3.63, 3.8) is 0 Å². The summed E-state index contributed by atoms with van der Waals surface area (Å²) in [5, 5.41) is 3.29. The zero-order chi connectivity index (χ0) is 7.90. The quantitative estimate of drug-likeness (QED) is 0.554. The second-order valence-corrected chi connectivity index (χ2v) is 4.76. The number of rotatable bonds is 0. The molecule has 52 valence electrons. The first-order valence-electron chi connectivity index (χ1n) is 3.53. The highest BCUT2D eigenvalue weighted by Crippen LogP contribution is 2.24. The Hall–Kier alpha value is -0.386. The normalized spacial score (nSPS) is 19.8. The van der Waals surface area contributed by atoms with Gasteiger partial charge in [-0.15, -0.1) is 0 Å². The van der Waals surface area contributed by atoms with Gasteiger partial charge in [0.2, 0.25) is 0 Å². The summed E-state index contributed by atoms with van der Waals surface area (Å²) in [7, 11) is 7.19. The van der Waals surface area contributed by atoms with Gasteiger partial charge in [0.15, 0.2) is 0 Å². The highest BCUT2D eigenvalue weighted by atomic mass is 28.2. The first-order valence-corrected chi connectivity index (χ1v) is 4.53. The molecule has 0 bridgehead atoms. The van der Waals surface area contributed by atoms with Crippen LogP contribution < -0.4 is 5.32 Å². The van der Waals surface area contributed by atoms with Gasteiger partial charge in [-0.3, -0.25) is 0 Å². The van der Waals surface area contributed by atoms with Crippen LogP contribution >= 0.6 is 0 Å². The fourth-order valence-electron chi connectivity index (χ4n) is 1.36. The van der Waals surface area contributed by atoms with Crippen LogP contribution in [0.5, 0.6) is 0 Å². The molecule has 0 saturated heterocycles. The number of hydrogen-bond acceptors (Lipinski definition) is 1. The van der Waals surface area contributed by atoms with Gasteiger partial charge in [0.05, 0.1) is 20.5 Å². The van der Waals surface area contributed by atoms with E-state index in [2.05, 4.69) is 44.0 Å². The summed E-state index contributed by atoms with van der Waals surface area (Å²) < 4.78 is 0. The first-order chi connectivity index (χ1) is 5.20. The van der Waals surface area contributed by atoms with E-state index in [1.165, 1.54) is 11.1 Å². The molecule has 0 unspecified atom stereocenters. The second-order valence-electron chi connectivity index (χ2n) is 2.76. The van der Waals surface area contributed by atoms with Crippen LogP contribution in [0.15, 0.2) is 24.3 Å². The number of benzene rings is 1. The largest absolute Gasteiger partial charge is 0.310 e. The molecule has 0 atom stereocenters. The fourth-order valence-corrected chi connectivity index (χ4v) is 2.03. The predicted molar refractivity (Wildman–Crippen MR) is 46.5 cm³/mol. The summed E-state index contributed by atoms with van der Waals surface area (Å²) >= 11 is 0. The Morgan fingerprint density at radius 2 is 2.00 bits per heavy atom. The third-order valence-electron chi connectivity index (χ3n) is 1.97. The minimum absolute atomic E-state index is 0.212. The third kappa shape index (κ3) is 1.09. The van der Waals surface area contributed by atoms with E-state index >= 15 is 0 Å². The van der Waals surface area contributed by atoms with Crippen molar-refractivity contribution in [1.82, 2.24) is 5.32 Å². The van der Waals surface area contributed by atoms with Crippen molar-refractivity contribution in [3.8, 4) is 0 Å². The van der Waals surface area contributed by atoms with Crippen molar-refractivity contribution in [2.24, 2.45) is 0 Å². The Kier molecular flexibility index (Phi) is 1.52. The van der Waals surface area contributed by atoms with Crippen LogP contribution in [0.1, 0.15) is 11.1 Å². The molecule has 1 heterocycles. The van der Waals surface area contributed by atoms with Crippen molar-refractivity contribution in [1.29, 1.82) is 0 Å². The molecule has 0 amide bonds. The number of nitrogens with one attached hydrogen (secondary N) is 1. The van der Waals surface area contributed by atoms with Gasteiger partial charge < -0.3 is 5.32 Å². The molecule has 1 aromatic rings. The van der Waals surface area contributed by atoms with Gasteiger partial charge in [-0.2, -0.15) is 0 Å². The minimum atomic E-state index is -0.212. The van der Waals surface area contributed by atoms with Gasteiger partial charge >= 0.3 is 0 Å². The van der Waals surface area contributed by atoms with Crippen molar-refractivity contribution in [2.45, 2.75) is 11.3 Å². The van der Waals surface area contributed by atoms with Crippen molar-refractivity contribution >= 4 is 20.5 Å². The lowest BCUT2D eigenvalue weighted by molar-refractivity contribution is 0.680. The van der Waals surface area contributed by atoms with Crippen LogP contribution in [0.2, 0.25) is 0 Å². The molecule has 6 radical (unpaired) electrons. The van der Waals surface area contributed by atoms with Crippen molar-refractivity contribution in [3.05, 3.63) is 35.4 Å². The third-order valence-corrected chi connectivity index (χ3v) is 2.86. The van der Waals surface area contributed by atoms with E-state index in [4.69, 9.17) is 0 Å². The van der Waals surface area contributed by atoms with Crippen molar-refractivity contribution in [2.75, 3.05) is 0 Å². The molecule has 1 aliphatic rings. The molecule has 0 aliphatic carbocycles. The van der Waals surface area contributed by atoms with Crippen LogP contribution in [0.3, 0.4) is 0 Å². The number of fused-ring (bicyclic) bond motifs is 1. The van der Waals surface area contributed by atoms with E-state index in [1.807, 2.05) is 6.07 Å². The maximum absolute atomic E-state index is 3.60. The monoisotopic (exact) mass is 173 g/mol. The molecular formula is C8H7NSi2. The van der Waals surface area contributed by atoms with Crippen LogP contribution in [-0.4, -0.2) is 20.5 Å². The van der Waals surface area contributed by atoms with Crippen LogP contribution in [0, 0.1) is 0 Å². The lowest BCUT2D eigenvalue weighted by Gasteiger charge is -2.18. The Bertz CT molecular complexity index is 283. The molecule has 0 spiro atoms. The number of hydrogen-bond donors (Lipinski definition) is 1. The fraction of sp³-hybridized carbons (Fsp3) is 0.250. The maximum Gasteiger partial charge on any atom is 0.0532 e. The lowest BCUT2D eigenvalue weighted by atomic mass is 10.1. The van der Waals surface area contributed by atoms with Gasteiger partial charge in [-0.1, -0.05) is 24.3 Å². The zero-order valence-corrected chi connectivity index (χ0v) is 8.02. The highest BCUT2D eigenvalue weighted by Gasteiger charge is 2.27. The van der Waals surface area contributed by atoms with Crippen LogP contribution in [-0.2, 0) is 11.3 Å². The minimum Gasteiger partial charge on any atom is -0.310 e. The Morgan fingerprint density at radius 3 is 2.73 bits per heavy atom. The van der Waals surface area contributed by atoms with E-state index in [0.717, 1.165) is 6.54 Å². The topological polar surface area (TPSA) is 12.0 Å². The SMILES string of the molecule is [Si]C1([Si])NCc2ccccc21. The van der Waals surface area contributed by atoms with E-state index < -0.39 is 0 Å². The zero-order valence-electron chi connectivity index (χ0n) is 6.02. The predicted octanol–water partition coefficient (Wildman–Crippen LogP) is 0.237. The summed E-state index contributed by atoms with van der Waals surface area (Å²) in [6.07, 6.45) is 0. The Morgan fingerprint density at radius 1 is 1.27 bits per heavy atom. The molecule has 0 saturated carbocycles. The smallest absolute Gasteiger partial charge is 0.0532 e. The summed E-state index contributed by atoms with van der Waals surface area (Å²) in [6, 6.07) is 8.33. The molecule has 1 aliphatic heterocycles. The maximum atomic E-state index is 3.60. The molecule has 1 aromatic carbocycles. The molecule has 0 aromatic heterocycles. The second kappa shape index (κ2) is 2.30. The Balaban J connectivity index is 2.56. The lowest BCUT2D eigenvalue weighted by Crippen LogP contribution is -2.37. The molecule has 1 N–H and O–H groups in total. The Labute approximate surface area is 73.0 Å². The summed E-state index contributed by atoms with van der Waals surface area (Å²) in [5.74, 6) is 0. The summed E-state index contributed by atoms with van der Waals surface area (Å²) in [4.78, 5) is -0.212. The average Bonchev–Trinajstić information content (AvgIpc) is 2.29. The molecule has 1 nitrogen and oxygen atoms in total. The van der Waals surface area contributed by atoms with Gasteiger partial charge in [-0.05, 0) is 11.1 Å². The molecular weight excluding hydrogens is 166 g/mol. The van der Waals surface area contributed by atoms with Crippen LogP contribution in [0.4, 0.5) is 0 Å². The first kappa shape index (κ1) is 7.27. The van der Waals surface area contributed by atoms with Gasteiger partial charge in [0.1, 0.15) is 0 Å². The van der Waals surface area contributed by atoms with E-state index in [-0.39, 0.29) is 4.79 Å². The van der Waals surface area contributed by atoms with Gasteiger partial charge in [0.25, 0.3) is 0 Å². The standard InChI is InChI=1S/C8H7NSi2/c10-8(11)7-4-2-1-3-6(7)5-9-8/h1-4,9H,5H2. The highest BCUT2D eigenvalue weighted by molar-refractivity contribution is 6.40.